The van der Waals surface area contributed by atoms with Gasteiger partial charge in [-0.3, -0.25) is 0 Å². The molecule has 0 saturated heterocycles. The molecule has 0 aliphatic carbocycles. The second-order valence-electron chi connectivity index (χ2n) is 2.93. The largest absolute Gasteiger partial charge is 0.411 e. The zero-order valence-electron chi connectivity index (χ0n) is 6.39. The smallest absolute Gasteiger partial charge is 0.332 e. The minimum atomic E-state index is -2.74. The van der Waals surface area contributed by atoms with Crippen LogP contribution in [0.3, 0.4) is 0 Å². The predicted octanol–water partition coefficient (Wildman–Crippen LogP) is 1.09. The highest BCUT2D eigenvalue weighted by molar-refractivity contribution is 6.64. The van der Waals surface area contributed by atoms with Crippen molar-refractivity contribution < 1.29 is 9.59 Å². The van der Waals surface area contributed by atoms with Gasteiger partial charge in [0.2, 0.25) is 0 Å². The maximum absolute atomic E-state index is 9.19. The van der Waals surface area contributed by atoms with Crippen LogP contribution in [-0.4, -0.2) is 18.2 Å². The van der Waals surface area contributed by atoms with Crippen LogP contribution in [0.15, 0.2) is 0 Å². The molecule has 56 valence electrons. The number of rotatable bonds is 3. The fourth-order valence-corrected chi connectivity index (χ4v) is 2.39. The minimum absolute atomic E-state index is 0.409. The lowest BCUT2D eigenvalue weighted by atomic mass is 10.3. The summed E-state index contributed by atoms with van der Waals surface area (Å²) in [6, 6.07) is 1.15. The van der Waals surface area contributed by atoms with Crippen LogP contribution >= 0.6 is 0 Å². The fraction of sp³-hybridized carbons (Fsp3) is 1.00. The zero-order valence-corrected chi connectivity index (χ0v) is 7.39. The molecule has 0 aromatic rings. The monoisotopic (exact) mass is 148 g/mol. The van der Waals surface area contributed by atoms with E-state index in [1.165, 1.54) is 0 Å². The van der Waals surface area contributed by atoms with Crippen molar-refractivity contribution in [2.45, 2.75) is 32.9 Å². The van der Waals surface area contributed by atoms with Crippen LogP contribution in [0.5, 0.6) is 0 Å². The van der Waals surface area contributed by atoms with Crippen LogP contribution in [0.2, 0.25) is 12.1 Å². The quantitative estimate of drug-likeness (QED) is 0.588. The van der Waals surface area contributed by atoms with Crippen LogP contribution in [0.1, 0.15) is 20.8 Å². The lowest BCUT2D eigenvalue weighted by Crippen LogP contribution is -2.34. The van der Waals surface area contributed by atoms with Gasteiger partial charge in [-0.15, -0.1) is 0 Å². The molecular weight excluding hydrogens is 132 g/mol. The molecule has 0 fully saturated rings. The average Bonchev–Trinajstić information content (AvgIpc) is 1.63. The summed E-state index contributed by atoms with van der Waals surface area (Å²) >= 11 is 0. The molecule has 0 aromatic carbocycles. The fourth-order valence-electron chi connectivity index (χ4n) is 0.798. The molecule has 0 heterocycles. The Morgan fingerprint density at radius 2 is 1.78 bits per heavy atom. The second-order valence-corrected chi connectivity index (χ2v) is 6.01. The normalized spacial score (nSPS) is 12.7. The molecular formula is C6H16O2Si. The van der Waals surface area contributed by atoms with E-state index in [1.54, 1.807) is 0 Å². The summed E-state index contributed by atoms with van der Waals surface area (Å²) in [6.45, 7) is 5.84. The molecule has 2 nitrogen and oxygen atoms in total. The van der Waals surface area contributed by atoms with Gasteiger partial charge >= 0.3 is 8.56 Å². The van der Waals surface area contributed by atoms with Crippen molar-refractivity contribution in [3.05, 3.63) is 0 Å². The second kappa shape index (κ2) is 3.34. The van der Waals surface area contributed by atoms with E-state index in [1.807, 2.05) is 20.8 Å². The van der Waals surface area contributed by atoms with Crippen molar-refractivity contribution in [2.24, 2.45) is 5.92 Å². The Bertz CT molecular complexity index is 81.1. The van der Waals surface area contributed by atoms with Crippen molar-refractivity contribution in [1.82, 2.24) is 0 Å². The third-order valence-electron chi connectivity index (χ3n) is 1.30. The van der Waals surface area contributed by atoms with Gasteiger partial charge in [-0.05, 0) is 18.0 Å². The Morgan fingerprint density at radius 3 is 1.89 bits per heavy atom. The Balaban J connectivity index is 3.58. The Morgan fingerprint density at radius 1 is 1.33 bits per heavy atom. The van der Waals surface area contributed by atoms with Crippen LogP contribution in [0.25, 0.3) is 0 Å². The maximum atomic E-state index is 9.19. The molecule has 9 heavy (non-hydrogen) atoms. The molecule has 0 spiro atoms. The first kappa shape index (κ1) is 9.14. The molecule has 2 N–H and O–H groups in total. The Hall–Kier alpha value is 0.137. The molecule has 0 unspecified atom stereocenters. The van der Waals surface area contributed by atoms with E-state index < -0.39 is 8.56 Å². The van der Waals surface area contributed by atoms with E-state index in [-0.39, 0.29) is 0 Å². The van der Waals surface area contributed by atoms with Crippen LogP contribution in [-0.2, 0) is 0 Å². The Kier molecular flexibility index (Phi) is 3.39. The molecule has 0 saturated carbocycles. The summed E-state index contributed by atoms with van der Waals surface area (Å²) in [5.41, 5.74) is 0. The van der Waals surface area contributed by atoms with Gasteiger partial charge in [0.25, 0.3) is 0 Å². The van der Waals surface area contributed by atoms with E-state index in [9.17, 15) is 9.59 Å². The summed E-state index contributed by atoms with van der Waals surface area (Å²) in [7, 11) is -2.74. The first-order valence-corrected chi connectivity index (χ1v) is 5.73. The van der Waals surface area contributed by atoms with Crippen molar-refractivity contribution in [3.8, 4) is 0 Å². The molecule has 0 atom stereocenters. The first-order chi connectivity index (χ1) is 3.98. The van der Waals surface area contributed by atoms with Crippen molar-refractivity contribution in [1.29, 1.82) is 0 Å². The molecule has 0 radical (unpaired) electrons. The van der Waals surface area contributed by atoms with Crippen molar-refractivity contribution in [3.63, 3.8) is 0 Å². The SMILES string of the molecule is CC[Si](O)(O)CC(C)C. The van der Waals surface area contributed by atoms with E-state index in [0.717, 1.165) is 0 Å². The molecule has 0 aliphatic rings. The van der Waals surface area contributed by atoms with Gasteiger partial charge in [-0.25, -0.2) is 0 Å². The molecule has 0 rings (SSSR count). The standard InChI is InChI=1S/C6H16O2Si/c1-4-9(7,8)5-6(2)3/h6-8H,4-5H2,1-3H3. The van der Waals surface area contributed by atoms with E-state index in [4.69, 9.17) is 0 Å². The predicted molar refractivity (Wildman–Crippen MR) is 40.3 cm³/mol. The van der Waals surface area contributed by atoms with Gasteiger partial charge in [0.15, 0.2) is 0 Å². The lowest BCUT2D eigenvalue weighted by molar-refractivity contribution is 0.349. The first-order valence-electron chi connectivity index (χ1n) is 3.42. The van der Waals surface area contributed by atoms with Gasteiger partial charge in [-0.2, -0.15) is 0 Å². The molecule has 0 aromatic heterocycles. The molecule has 0 aliphatic heterocycles. The van der Waals surface area contributed by atoms with Gasteiger partial charge < -0.3 is 9.59 Å². The van der Waals surface area contributed by atoms with Crippen LogP contribution < -0.4 is 0 Å². The molecule has 0 bridgehead atoms. The summed E-state index contributed by atoms with van der Waals surface area (Å²) in [6.07, 6.45) is 0. The highest BCUT2D eigenvalue weighted by atomic mass is 28.4. The molecule has 3 heteroatoms. The maximum Gasteiger partial charge on any atom is 0.332 e. The van der Waals surface area contributed by atoms with E-state index in [2.05, 4.69) is 0 Å². The summed E-state index contributed by atoms with van der Waals surface area (Å²) in [4.78, 5) is 18.4. The van der Waals surface area contributed by atoms with Crippen LogP contribution in [0.4, 0.5) is 0 Å². The molecule has 0 amide bonds. The minimum Gasteiger partial charge on any atom is -0.411 e. The number of hydrogen-bond donors (Lipinski definition) is 2. The zero-order chi connectivity index (χ0) is 7.49. The summed E-state index contributed by atoms with van der Waals surface area (Å²) in [5, 5.41) is 0. The van der Waals surface area contributed by atoms with Crippen molar-refractivity contribution in [2.75, 3.05) is 0 Å². The average molecular weight is 148 g/mol. The van der Waals surface area contributed by atoms with Crippen LogP contribution in [0, 0.1) is 5.92 Å². The topological polar surface area (TPSA) is 40.5 Å². The third-order valence-corrected chi connectivity index (χ3v) is 3.90. The number of hydrogen-bond acceptors (Lipinski definition) is 2. The van der Waals surface area contributed by atoms with Gasteiger partial charge in [0.1, 0.15) is 0 Å². The van der Waals surface area contributed by atoms with Gasteiger partial charge in [0.05, 0.1) is 0 Å². The van der Waals surface area contributed by atoms with Gasteiger partial charge in [0, 0.05) is 0 Å². The van der Waals surface area contributed by atoms with E-state index >= 15 is 0 Å². The highest BCUT2D eigenvalue weighted by Crippen LogP contribution is 2.13. The van der Waals surface area contributed by atoms with Crippen molar-refractivity contribution >= 4 is 8.56 Å². The Labute approximate surface area is 57.8 Å². The summed E-state index contributed by atoms with van der Waals surface area (Å²) in [5.74, 6) is 0.409. The van der Waals surface area contributed by atoms with E-state index in [0.29, 0.717) is 18.0 Å². The third kappa shape index (κ3) is 4.63. The highest BCUT2D eigenvalue weighted by Gasteiger charge is 2.26. The summed E-state index contributed by atoms with van der Waals surface area (Å²) < 4.78 is 0. The lowest BCUT2D eigenvalue weighted by Gasteiger charge is -2.17. The van der Waals surface area contributed by atoms with Gasteiger partial charge in [-0.1, -0.05) is 20.8 Å².